The van der Waals surface area contributed by atoms with Gasteiger partial charge in [0.15, 0.2) is 5.78 Å². The fourth-order valence-electron chi connectivity index (χ4n) is 3.34. The predicted octanol–water partition coefficient (Wildman–Crippen LogP) is 2.07. The number of benzene rings is 1. The largest absolute Gasteiger partial charge is 0.350 e. The number of halogens is 1. The first-order chi connectivity index (χ1) is 12.9. The molecule has 2 N–H and O–H groups in total. The lowest BCUT2D eigenvalue weighted by Crippen LogP contribution is -2.37. The molecule has 1 amide bonds. The number of aryl methyl sites for hydroxylation is 1. The molecule has 1 aromatic carbocycles. The molecule has 0 saturated carbocycles. The molecule has 0 spiro atoms. The van der Waals surface area contributed by atoms with Gasteiger partial charge in [0.1, 0.15) is 11.4 Å². The number of aromatic nitrogens is 1. The van der Waals surface area contributed by atoms with Crippen LogP contribution in [0.15, 0.2) is 35.1 Å². The van der Waals surface area contributed by atoms with Gasteiger partial charge >= 0.3 is 0 Å². The van der Waals surface area contributed by atoms with Crippen molar-refractivity contribution in [1.82, 2.24) is 15.2 Å². The number of ketones is 1. The van der Waals surface area contributed by atoms with Gasteiger partial charge in [0.2, 0.25) is 0 Å². The normalized spacial score (nSPS) is 14.7. The van der Waals surface area contributed by atoms with Gasteiger partial charge in [-0.2, -0.15) is 0 Å². The number of nitrogens with zero attached hydrogens (tertiary/aromatic N) is 1. The Hall–Kier alpha value is -2.80. The average Bonchev–Trinajstić information content (AvgIpc) is 2.61. The first-order valence-electron chi connectivity index (χ1n) is 8.86. The lowest BCUT2D eigenvalue weighted by Gasteiger charge is -2.25. The minimum absolute atomic E-state index is 0.0625. The van der Waals surface area contributed by atoms with Crippen LogP contribution in [-0.4, -0.2) is 42.2 Å². The first-order valence-corrected chi connectivity index (χ1v) is 8.86. The Kier molecular flexibility index (Phi) is 5.51. The highest BCUT2D eigenvalue weighted by molar-refractivity contribution is 6.01. The molecule has 27 heavy (non-hydrogen) atoms. The quantitative estimate of drug-likeness (QED) is 0.843. The van der Waals surface area contributed by atoms with Gasteiger partial charge in [-0.05, 0) is 50.7 Å². The molecule has 0 aliphatic heterocycles. The van der Waals surface area contributed by atoms with Crippen LogP contribution < -0.4 is 10.9 Å². The number of aromatic amines is 1. The number of nitrogens with one attached hydrogen (secondary N) is 2. The zero-order valence-corrected chi connectivity index (χ0v) is 15.3. The van der Waals surface area contributed by atoms with E-state index in [0.29, 0.717) is 30.5 Å². The molecule has 1 atom stereocenters. The van der Waals surface area contributed by atoms with Gasteiger partial charge in [-0.15, -0.1) is 0 Å². The Morgan fingerprint density at radius 2 is 2.04 bits per heavy atom. The van der Waals surface area contributed by atoms with Gasteiger partial charge in [0.25, 0.3) is 11.5 Å². The second-order valence-electron chi connectivity index (χ2n) is 6.93. The molecule has 1 heterocycles. The summed E-state index contributed by atoms with van der Waals surface area (Å²) in [6.07, 6.45) is 1.74. The van der Waals surface area contributed by atoms with Gasteiger partial charge in [0.05, 0.1) is 6.04 Å². The molecule has 2 aromatic rings. The minimum Gasteiger partial charge on any atom is -0.350 e. The number of fused-ring (bicyclic) bond motifs is 1. The van der Waals surface area contributed by atoms with Crippen LogP contribution >= 0.6 is 0 Å². The summed E-state index contributed by atoms with van der Waals surface area (Å²) in [5.41, 5.74) is 1.14. The Morgan fingerprint density at radius 1 is 1.26 bits per heavy atom. The van der Waals surface area contributed by atoms with Gasteiger partial charge < -0.3 is 15.2 Å². The number of carbonyl (C=O) groups is 2. The zero-order chi connectivity index (χ0) is 19.6. The lowest BCUT2D eigenvalue weighted by molar-refractivity contribution is 0.0940. The maximum absolute atomic E-state index is 13.5. The van der Waals surface area contributed by atoms with E-state index < -0.39 is 11.5 Å². The summed E-state index contributed by atoms with van der Waals surface area (Å²) < 4.78 is 13.5. The molecule has 0 radical (unpaired) electrons. The number of rotatable bonds is 5. The lowest BCUT2D eigenvalue weighted by atomic mass is 9.93. The van der Waals surface area contributed by atoms with Gasteiger partial charge in [-0.1, -0.05) is 12.1 Å². The van der Waals surface area contributed by atoms with E-state index in [-0.39, 0.29) is 29.8 Å². The van der Waals surface area contributed by atoms with Gasteiger partial charge in [-0.3, -0.25) is 14.4 Å². The van der Waals surface area contributed by atoms with E-state index in [4.69, 9.17) is 0 Å². The first kappa shape index (κ1) is 19.0. The number of amides is 1. The minimum atomic E-state index is -0.555. The van der Waals surface area contributed by atoms with Crippen molar-refractivity contribution in [3.8, 4) is 0 Å². The van der Waals surface area contributed by atoms with Crippen LogP contribution in [0.5, 0.6) is 0 Å². The Bertz CT molecular complexity index is 936. The molecule has 1 aliphatic rings. The standard InChI is InChI=1S/C20H22FN3O3/c1-24(2)17(12-5-3-6-13(21)9-12)11-22-19(26)15-10-14-16(23-20(15)27)7-4-8-18(14)25/h3,5-6,9-10,17H,4,7-8,11H2,1-2H3,(H,22,26)(H,23,27). The van der Waals surface area contributed by atoms with Crippen LogP contribution in [-0.2, 0) is 6.42 Å². The van der Waals surface area contributed by atoms with Crippen LogP contribution in [0.2, 0.25) is 0 Å². The van der Waals surface area contributed by atoms with Crippen molar-refractivity contribution < 1.29 is 14.0 Å². The van der Waals surface area contributed by atoms with E-state index in [1.165, 1.54) is 18.2 Å². The predicted molar refractivity (Wildman–Crippen MR) is 99.5 cm³/mol. The summed E-state index contributed by atoms with van der Waals surface area (Å²) in [5, 5.41) is 2.73. The van der Waals surface area contributed by atoms with E-state index in [0.717, 1.165) is 5.56 Å². The number of hydrogen-bond donors (Lipinski definition) is 2. The van der Waals surface area contributed by atoms with Crippen LogP contribution in [0.1, 0.15) is 50.9 Å². The number of likely N-dealkylation sites (N-methyl/N-ethyl adjacent to an activating group) is 1. The molecule has 1 aromatic heterocycles. The Morgan fingerprint density at radius 3 is 2.74 bits per heavy atom. The van der Waals surface area contributed by atoms with Crippen molar-refractivity contribution in [3.63, 3.8) is 0 Å². The molecular weight excluding hydrogens is 349 g/mol. The number of pyridine rings is 1. The number of H-pyrrole nitrogens is 1. The van der Waals surface area contributed by atoms with Crippen LogP contribution in [0, 0.1) is 5.82 Å². The molecule has 0 saturated heterocycles. The summed E-state index contributed by atoms with van der Waals surface area (Å²) in [6.45, 7) is 0.194. The summed E-state index contributed by atoms with van der Waals surface area (Å²) in [5.74, 6) is -0.969. The Labute approximate surface area is 156 Å². The maximum Gasteiger partial charge on any atom is 0.261 e. The van der Waals surface area contributed by atoms with Crippen molar-refractivity contribution in [1.29, 1.82) is 0 Å². The monoisotopic (exact) mass is 371 g/mol. The van der Waals surface area contributed by atoms with E-state index in [1.54, 1.807) is 12.1 Å². The van der Waals surface area contributed by atoms with Crippen molar-refractivity contribution >= 4 is 11.7 Å². The summed E-state index contributed by atoms with van der Waals surface area (Å²) >= 11 is 0. The highest BCUT2D eigenvalue weighted by atomic mass is 19.1. The second-order valence-corrected chi connectivity index (χ2v) is 6.93. The van der Waals surface area contributed by atoms with E-state index in [9.17, 15) is 18.8 Å². The highest BCUT2D eigenvalue weighted by Crippen LogP contribution is 2.20. The van der Waals surface area contributed by atoms with E-state index in [1.807, 2.05) is 19.0 Å². The van der Waals surface area contributed by atoms with E-state index in [2.05, 4.69) is 10.3 Å². The van der Waals surface area contributed by atoms with Crippen molar-refractivity contribution in [3.05, 3.63) is 68.9 Å². The van der Waals surface area contributed by atoms with Crippen molar-refractivity contribution in [2.24, 2.45) is 0 Å². The molecule has 6 nitrogen and oxygen atoms in total. The number of carbonyl (C=O) groups excluding carboxylic acids is 2. The SMILES string of the molecule is CN(C)C(CNC(=O)c1cc2c([nH]c1=O)CCCC2=O)c1cccc(F)c1. The second kappa shape index (κ2) is 7.84. The van der Waals surface area contributed by atoms with Gasteiger partial charge in [-0.25, -0.2) is 4.39 Å². The topological polar surface area (TPSA) is 82.3 Å². The molecule has 1 unspecified atom stereocenters. The summed E-state index contributed by atoms with van der Waals surface area (Å²) in [7, 11) is 3.65. The van der Waals surface area contributed by atoms with Crippen LogP contribution in [0.25, 0.3) is 0 Å². The molecule has 0 fully saturated rings. The number of hydrogen-bond acceptors (Lipinski definition) is 4. The van der Waals surface area contributed by atoms with Gasteiger partial charge in [0, 0.05) is 24.2 Å². The molecule has 1 aliphatic carbocycles. The summed E-state index contributed by atoms with van der Waals surface area (Å²) in [4.78, 5) is 41.4. The third kappa shape index (κ3) is 4.14. The fraction of sp³-hybridized carbons (Fsp3) is 0.350. The van der Waals surface area contributed by atoms with Crippen LogP contribution in [0.3, 0.4) is 0 Å². The molecule has 142 valence electrons. The summed E-state index contributed by atoms with van der Waals surface area (Å²) in [6, 6.07) is 7.30. The van der Waals surface area contributed by atoms with Crippen LogP contribution in [0.4, 0.5) is 4.39 Å². The Balaban J connectivity index is 1.79. The molecule has 7 heteroatoms. The smallest absolute Gasteiger partial charge is 0.261 e. The van der Waals surface area contributed by atoms with Crippen molar-refractivity contribution in [2.75, 3.05) is 20.6 Å². The number of Topliss-reactive ketones (excluding diaryl/α,β-unsaturated/α-hetero) is 1. The van der Waals surface area contributed by atoms with E-state index >= 15 is 0 Å². The van der Waals surface area contributed by atoms with Crippen molar-refractivity contribution in [2.45, 2.75) is 25.3 Å². The third-order valence-electron chi connectivity index (χ3n) is 4.81. The average molecular weight is 371 g/mol. The maximum atomic E-state index is 13.5. The molecule has 3 rings (SSSR count). The third-order valence-corrected chi connectivity index (χ3v) is 4.81. The molecule has 0 bridgehead atoms. The zero-order valence-electron chi connectivity index (χ0n) is 15.3. The highest BCUT2D eigenvalue weighted by Gasteiger charge is 2.23. The fourth-order valence-corrected chi connectivity index (χ4v) is 3.34. The molecular formula is C20H22FN3O3.